The van der Waals surface area contributed by atoms with Crippen LogP contribution in [-0.2, 0) is 0 Å². The van der Waals surface area contributed by atoms with Crippen molar-refractivity contribution in [2.75, 3.05) is 5.75 Å². The van der Waals surface area contributed by atoms with Gasteiger partial charge in [0.1, 0.15) is 0 Å². The Morgan fingerprint density at radius 1 is 1.23 bits per heavy atom. The van der Waals surface area contributed by atoms with Crippen molar-refractivity contribution in [2.45, 2.75) is 57.7 Å². The van der Waals surface area contributed by atoms with E-state index in [1.54, 1.807) is 0 Å². The molecule has 1 nitrogen and oxygen atoms in total. The maximum atomic E-state index is 6.09. The van der Waals surface area contributed by atoms with Crippen molar-refractivity contribution >= 4 is 11.8 Å². The van der Waals surface area contributed by atoms with Crippen LogP contribution >= 0.6 is 11.8 Å². The molecule has 2 N–H and O–H groups in total. The van der Waals surface area contributed by atoms with Gasteiger partial charge in [-0.1, -0.05) is 33.6 Å². The maximum absolute atomic E-state index is 6.09. The molecular formula is C11H23NS. The highest BCUT2D eigenvalue weighted by molar-refractivity contribution is 8.00. The highest BCUT2D eigenvalue weighted by Gasteiger charge is 2.23. The Balaban J connectivity index is 2.27. The van der Waals surface area contributed by atoms with Crippen LogP contribution < -0.4 is 5.73 Å². The summed E-state index contributed by atoms with van der Waals surface area (Å²) in [7, 11) is 0. The van der Waals surface area contributed by atoms with Gasteiger partial charge in [-0.15, -0.1) is 0 Å². The molecule has 0 saturated heterocycles. The lowest BCUT2D eigenvalue weighted by molar-refractivity contribution is 0.445. The molecule has 0 aromatic carbocycles. The van der Waals surface area contributed by atoms with Crippen LogP contribution in [-0.4, -0.2) is 17.0 Å². The minimum atomic E-state index is 0.446. The first-order valence-corrected chi connectivity index (χ1v) is 6.41. The number of hydrogen-bond donors (Lipinski definition) is 1. The molecule has 1 aliphatic rings. The van der Waals surface area contributed by atoms with E-state index in [4.69, 9.17) is 5.73 Å². The Labute approximate surface area is 86.8 Å². The van der Waals surface area contributed by atoms with Gasteiger partial charge in [-0.05, 0) is 24.0 Å². The van der Waals surface area contributed by atoms with Crippen LogP contribution in [0.3, 0.4) is 0 Å². The molecule has 0 heterocycles. The van der Waals surface area contributed by atoms with Gasteiger partial charge in [-0.3, -0.25) is 0 Å². The van der Waals surface area contributed by atoms with E-state index >= 15 is 0 Å². The molecule has 1 aliphatic carbocycles. The van der Waals surface area contributed by atoms with Gasteiger partial charge in [0, 0.05) is 11.3 Å². The fourth-order valence-corrected chi connectivity index (χ4v) is 3.12. The van der Waals surface area contributed by atoms with Gasteiger partial charge in [0.25, 0.3) is 0 Å². The second kappa shape index (κ2) is 4.70. The zero-order chi connectivity index (χ0) is 9.90. The van der Waals surface area contributed by atoms with Gasteiger partial charge in [0.2, 0.25) is 0 Å². The van der Waals surface area contributed by atoms with Crippen LogP contribution in [0.2, 0.25) is 0 Å². The average Bonchev–Trinajstić information content (AvgIpc) is 2.01. The summed E-state index contributed by atoms with van der Waals surface area (Å²) in [6.07, 6.45) is 5.30. The van der Waals surface area contributed by atoms with E-state index in [-0.39, 0.29) is 0 Å². The van der Waals surface area contributed by atoms with Crippen LogP contribution in [0.1, 0.15) is 46.5 Å². The smallest absolute Gasteiger partial charge is 0.0199 e. The Morgan fingerprint density at radius 2 is 1.85 bits per heavy atom. The summed E-state index contributed by atoms with van der Waals surface area (Å²) in [6.45, 7) is 6.90. The van der Waals surface area contributed by atoms with Crippen molar-refractivity contribution in [2.24, 2.45) is 11.1 Å². The lowest BCUT2D eigenvalue weighted by Gasteiger charge is -2.30. The lowest BCUT2D eigenvalue weighted by atomic mass is 9.96. The summed E-state index contributed by atoms with van der Waals surface area (Å²) in [5.74, 6) is 1.24. The van der Waals surface area contributed by atoms with Crippen molar-refractivity contribution < 1.29 is 0 Å². The monoisotopic (exact) mass is 201 g/mol. The molecule has 0 aromatic rings. The highest BCUT2D eigenvalue weighted by Crippen LogP contribution is 2.31. The molecule has 0 aromatic heterocycles. The quantitative estimate of drug-likeness (QED) is 0.743. The largest absolute Gasteiger partial charge is 0.327 e. The van der Waals surface area contributed by atoms with Gasteiger partial charge in [-0.2, -0.15) is 11.8 Å². The molecule has 1 fully saturated rings. The molecule has 0 bridgehead atoms. The first kappa shape index (κ1) is 11.4. The molecule has 0 amide bonds. The summed E-state index contributed by atoms with van der Waals surface area (Å²) >= 11 is 2.09. The Hall–Kier alpha value is 0.310. The molecule has 1 rings (SSSR count). The Morgan fingerprint density at radius 3 is 2.38 bits per heavy atom. The Bertz CT molecular complexity index is 151. The third-order valence-electron chi connectivity index (χ3n) is 2.48. The molecule has 2 heteroatoms. The minimum Gasteiger partial charge on any atom is -0.327 e. The van der Waals surface area contributed by atoms with Crippen molar-refractivity contribution in [3.8, 4) is 0 Å². The summed E-state index contributed by atoms with van der Waals surface area (Å²) < 4.78 is 0. The molecule has 0 spiro atoms. The number of nitrogens with two attached hydrogens (primary N) is 1. The van der Waals surface area contributed by atoms with Gasteiger partial charge in [0.15, 0.2) is 0 Å². The second-order valence-electron chi connectivity index (χ2n) is 5.36. The van der Waals surface area contributed by atoms with E-state index in [2.05, 4.69) is 32.5 Å². The summed E-state index contributed by atoms with van der Waals surface area (Å²) in [4.78, 5) is 0. The van der Waals surface area contributed by atoms with Crippen LogP contribution in [0.25, 0.3) is 0 Å². The molecule has 13 heavy (non-hydrogen) atoms. The van der Waals surface area contributed by atoms with Crippen molar-refractivity contribution in [3.05, 3.63) is 0 Å². The molecule has 78 valence electrons. The molecule has 0 aliphatic heterocycles. The molecule has 1 saturated carbocycles. The van der Waals surface area contributed by atoms with Crippen molar-refractivity contribution in [3.63, 3.8) is 0 Å². The molecule has 2 atom stereocenters. The fourth-order valence-electron chi connectivity index (χ4n) is 1.69. The number of hydrogen-bond acceptors (Lipinski definition) is 2. The summed E-state index contributed by atoms with van der Waals surface area (Å²) in [5.41, 5.74) is 6.53. The van der Waals surface area contributed by atoms with Crippen LogP contribution in [0.5, 0.6) is 0 Å². The normalized spacial score (nSPS) is 30.5. The topological polar surface area (TPSA) is 26.0 Å². The standard InChI is InChI=1S/C11H23NS/c1-11(2,3)8-13-10-7-5-4-6-9(10)12/h9-10H,4-8,12H2,1-3H3. The van der Waals surface area contributed by atoms with E-state index in [0.717, 1.165) is 5.25 Å². The predicted molar refractivity (Wildman–Crippen MR) is 62.1 cm³/mol. The van der Waals surface area contributed by atoms with E-state index < -0.39 is 0 Å². The third-order valence-corrected chi connectivity index (χ3v) is 4.53. The first-order chi connectivity index (χ1) is 5.99. The Kier molecular flexibility index (Phi) is 4.11. The predicted octanol–water partition coefficient (Wildman–Crippen LogP) is 3.04. The van der Waals surface area contributed by atoms with E-state index in [1.807, 2.05) is 0 Å². The van der Waals surface area contributed by atoms with Crippen molar-refractivity contribution in [1.29, 1.82) is 0 Å². The summed E-state index contributed by atoms with van der Waals surface area (Å²) in [6, 6.07) is 0.459. The second-order valence-corrected chi connectivity index (χ2v) is 6.59. The van der Waals surface area contributed by atoms with Crippen molar-refractivity contribution in [1.82, 2.24) is 0 Å². The zero-order valence-corrected chi connectivity index (χ0v) is 9.99. The molecular weight excluding hydrogens is 178 g/mol. The van der Waals surface area contributed by atoms with Crippen LogP contribution in [0.15, 0.2) is 0 Å². The van der Waals surface area contributed by atoms with Crippen LogP contribution in [0.4, 0.5) is 0 Å². The third kappa shape index (κ3) is 4.37. The summed E-state index contributed by atoms with van der Waals surface area (Å²) in [5, 5.41) is 0.730. The van der Waals surface area contributed by atoms with Gasteiger partial charge < -0.3 is 5.73 Å². The zero-order valence-electron chi connectivity index (χ0n) is 9.18. The fraction of sp³-hybridized carbons (Fsp3) is 1.00. The van der Waals surface area contributed by atoms with Gasteiger partial charge >= 0.3 is 0 Å². The molecule has 2 unspecified atom stereocenters. The SMILES string of the molecule is CC(C)(C)CSC1CCCCC1N. The van der Waals surface area contributed by atoms with E-state index in [0.29, 0.717) is 11.5 Å². The van der Waals surface area contributed by atoms with Gasteiger partial charge in [0.05, 0.1) is 0 Å². The maximum Gasteiger partial charge on any atom is 0.0199 e. The average molecular weight is 201 g/mol. The van der Waals surface area contributed by atoms with Crippen LogP contribution in [0, 0.1) is 5.41 Å². The minimum absolute atomic E-state index is 0.446. The first-order valence-electron chi connectivity index (χ1n) is 5.36. The number of thioether (sulfide) groups is 1. The lowest BCUT2D eigenvalue weighted by Crippen LogP contribution is -2.36. The van der Waals surface area contributed by atoms with E-state index in [1.165, 1.54) is 31.4 Å². The highest BCUT2D eigenvalue weighted by atomic mass is 32.2. The molecule has 0 radical (unpaired) electrons. The van der Waals surface area contributed by atoms with E-state index in [9.17, 15) is 0 Å². The van der Waals surface area contributed by atoms with Gasteiger partial charge in [-0.25, -0.2) is 0 Å². The number of rotatable bonds is 2.